The Morgan fingerprint density at radius 3 is 2.12 bits per heavy atom. The van der Waals surface area contributed by atoms with Crippen LogP contribution in [0.5, 0.6) is 0 Å². The topological polar surface area (TPSA) is 88.7 Å². The lowest BCUT2D eigenvalue weighted by Crippen LogP contribution is -2.56. The highest BCUT2D eigenvalue weighted by Crippen LogP contribution is 2.31. The van der Waals surface area contributed by atoms with Crippen LogP contribution in [0.4, 0.5) is 15.3 Å². The standard InChI is InChI=1S/C36H46Cl2N6O4/c37-30-8-5-25(23-31(30)38)24-33(34(45)42-21-19-41(20-22-42)28-10-14-40(15-11-28)27-6-7-27)48-36(47)43-16-12-29(13-17-43)44-18-9-26-3-1-2-4-32(26)39-35(44)46/h1-5,8,23,27-29,33H,6-7,9-22,24H2,(H,39,46)/t33-/m1/s1. The number of halogens is 2. The number of amides is 4. The molecule has 4 amide bonds. The molecule has 7 rings (SSSR count). The highest BCUT2D eigenvalue weighted by atomic mass is 35.5. The number of carbonyl (C=O) groups excluding carboxylic acids is 3. The molecule has 4 aliphatic heterocycles. The van der Waals surface area contributed by atoms with Gasteiger partial charge in [-0.15, -0.1) is 0 Å². The molecule has 48 heavy (non-hydrogen) atoms. The minimum absolute atomic E-state index is 0.0224. The predicted molar refractivity (Wildman–Crippen MR) is 187 cm³/mol. The van der Waals surface area contributed by atoms with Gasteiger partial charge in [0.15, 0.2) is 6.10 Å². The van der Waals surface area contributed by atoms with Crippen molar-refractivity contribution < 1.29 is 19.1 Å². The van der Waals surface area contributed by atoms with E-state index in [0.29, 0.717) is 61.7 Å². The highest BCUT2D eigenvalue weighted by Gasteiger charge is 2.37. The molecular weight excluding hydrogens is 651 g/mol. The summed E-state index contributed by atoms with van der Waals surface area (Å²) in [5, 5.41) is 3.88. The Bertz CT molecular complexity index is 1480. The highest BCUT2D eigenvalue weighted by molar-refractivity contribution is 6.42. The van der Waals surface area contributed by atoms with Gasteiger partial charge in [-0.05, 0) is 87.4 Å². The van der Waals surface area contributed by atoms with Crippen molar-refractivity contribution in [2.45, 2.75) is 75.6 Å². The minimum Gasteiger partial charge on any atom is -0.436 e. The number of nitrogens with one attached hydrogen (secondary N) is 1. The van der Waals surface area contributed by atoms with Crippen molar-refractivity contribution in [1.29, 1.82) is 0 Å². The van der Waals surface area contributed by atoms with Gasteiger partial charge in [0.05, 0.1) is 10.0 Å². The number of rotatable bonds is 7. The zero-order chi connectivity index (χ0) is 33.2. The maximum absolute atomic E-state index is 14.0. The Morgan fingerprint density at radius 1 is 0.750 bits per heavy atom. The fraction of sp³-hybridized carbons (Fsp3) is 0.583. The molecular formula is C36H46Cl2N6O4. The van der Waals surface area contributed by atoms with E-state index in [1.165, 1.54) is 38.8 Å². The molecule has 12 heteroatoms. The Morgan fingerprint density at radius 2 is 1.42 bits per heavy atom. The number of carbonyl (C=O) groups is 3. The van der Waals surface area contributed by atoms with Gasteiger partial charge in [-0.2, -0.15) is 0 Å². The van der Waals surface area contributed by atoms with Gasteiger partial charge < -0.3 is 29.7 Å². The van der Waals surface area contributed by atoms with Crippen molar-refractivity contribution in [3.63, 3.8) is 0 Å². The molecule has 4 heterocycles. The van der Waals surface area contributed by atoms with Crippen molar-refractivity contribution in [3.8, 4) is 0 Å². The number of fused-ring (bicyclic) bond motifs is 1. The van der Waals surface area contributed by atoms with Gasteiger partial charge in [0.25, 0.3) is 5.91 Å². The summed E-state index contributed by atoms with van der Waals surface area (Å²) in [7, 11) is 0. The van der Waals surface area contributed by atoms with E-state index in [2.05, 4.69) is 15.1 Å². The van der Waals surface area contributed by atoms with E-state index in [-0.39, 0.29) is 24.4 Å². The van der Waals surface area contributed by atoms with Gasteiger partial charge in [-0.25, -0.2) is 9.59 Å². The lowest BCUT2D eigenvalue weighted by Gasteiger charge is -2.43. The van der Waals surface area contributed by atoms with E-state index in [9.17, 15) is 14.4 Å². The summed E-state index contributed by atoms with van der Waals surface area (Å²) in [4.78, 5) is 51.3. The normalized spacial score (nSPS) is 22.5. The van der Waals surface area contributed by atoms with Crippen LogP contribution < -0.4 is 5.32 Å². The van der Waals surface area contributed by atoms with Crippen molar-refractivity contribution >= 4 is 46.9 Å². The van der Waals surface area contributed by atoms with Crippen molar-refractivity contribution in [2.75, 3.05) is 64.2 Å². The Kier molecular flexibility index (Phi) is 10.3. The summed E-state index contributed by atoms with van der Waals surface area (Å²) in [6.45, 7) is 6.77. The Labute approximate surface area is 293 Å². The SMILES string of the molecule is O=C(O[C@H](Cc1ccc(Cl)c(Cl)c1)C(=O)N1CCN(C2CCN(C3CC3)CC2)CC1)N1CCC(N2CCc3ccccc3NC2=O)CC1. The van der Waals surface area contributed by atoms with Gasteiger partial charge >= 0.3 is 12.1 Å². The van der Waals surface area contributed by atoms with E-state index in [1.54, 1.807) is 17.0 Å². The molecule has 0 unspecified atom stereocenters. The van der Waals surface area contributed by atoms with Crippen LogP contribution in [0.25, 0.3) is 0 Å². The number of piperazine rings is 1. The van der Waals surface area contributed by atoms with Crippen LogP contribution in [-0.2, 0) is 22.4 Å². The van der Waals surface area contributed by atoms with Crippen molar-refractivity contribution in [1.82, 2.24) is 24.5 Å². The molecule has 0 aromatic heterocycles. The number of anilines is 1. The molecule has 10 nitrogen and oxygen atoms in total. The molecule has 2 aromatic rings. The van der Waals surface area contributed by atoms with Crippen LogP contribution >= 0.6 is 23.2 Å². The van der Waals surface area contributed by atoms with Gasteiger partial charge in [0.1, 0.15) is 0 Å². The third-order valence-corrected chi connectivity index (χ3v) is 11.7. The number of ether oxygens (including phenoxy) is 1. The molecule has 1 aliphatic carbocycles. The molecule has 1 saturated carbocycles. The summed E-state index contributed by atoms with van der Waals surface area (Å²) < 4.78 is 6.03. The molecule has 4 fully saturated rings. The quantitative estimate of drug-likeness (QED) is 0.419. The molecule has 0 spiro atoms. The predicted octanol–water partition coefficient (Wildman–Crippen LogP) is 5.37. The van der Waals surface area contributed by atoms with Gasteiger partial charge in [0, 0.05) is 76.0 Å². The average molecular weight is 698 g/mol. The molecule has 5 aliphatic rings. The molecule has 3 saturated heterocycles. The van der Waals surface area contributed by atoms with Gasteiger partial charge in [0.2, 0.25) is 0 Å². The van der Waals surface area contributed by atoms with E-state index >= 15 is 0 Å². The lowest BCUT2D eigenvalue weighted by atomic mass is 10.0. The lowest BCUT2D eigenvalue weighted by molar-refractivity contribution is -0.143. The number of likely N-dealkylation sites (tertiary alicyclic amines) is 2. The summed E-state index contributed by atoms with van der Waals surface area (Å²) in [5.74, 6) is -0.173. The zero-order valence-corrected chi connectivity index (χ0v) is 29.0. The maximum Gasteiger partial charge on any atom is 0.410 e. The fourth-order valence-electron chi connectivity index (χ4n) is 7.92. The Balaban J connectivity index is 0.951. The third kappa shape index (κ3) is 7.72. The number of hydrogen-bond acceptors (Lipinski definition) is 6. The van der Waals surface area contributed by atoms with Gasteiger partial charge in [-0.3, -0.25) is 9.69 Å². The van der Waals surface area contributed by atoms with Crippen LogP contribution in [0.1, 0.15) is 49.7 Å². The summed E-state index contributed by atoms with van der Waals surface area (Å²) >= 11 is 12.5. The minimum atomic E-state index is -0.976. The van der Waals surface area contributed by atoms with Crippen molar-refractivity contribution in [3.05, 3.63) is 63.6 Å². The number of piperidine rings is 2. The number of para-hydroxylation sites is 1. The number of nitrogens with zero attached hydrogens (tertiary/aromatic N) is 5. The van der Waals surface area contributed by atoms with Crippen molar-refractivity contribution in [2.24, 2.45) is 0 Å². The first kappa shape index (κ1) is 33.4. The Hall–Kier alpha value is -3.05. The molecule has 1 atom stereocenters. The van der Waals surface area contributed by atoms with Crippen LogP contribution in [-0.4, -0.2) is 126 Å². The second-order valence-electron chi connectivity index (χ2n) is 13.9. The molecule has 1 N–H and O–H groups in total. The van der Waals surface area contributed by atoms with E-state index in [1.807, 2.05) is 40.1 Å². The fourth-order valence-corrected chi connectivity index (χ4v) is 8.24. The largest absolute Gasteiger partial charge is 0.436 e. The summed E-state index contributed by atoms with van der Waals surface area (Å²) in [6, 6.07) is 14.5. The molecule has 258 valence electrons. The van der Waals surface area contributed by atoms with Crippen LogP contribution in [0, 0.1) is 0 Å². The summed E-state index contributed by atoms with van der Waals surface area (Å²) in [5.41, 5.74) is 2.77. The first-order chi connectivity index (χ1) is 23.3. The molecule has 0 radical (unpaired) electrons. The number of hydrogen-bond donors (Lipinski definition) is 1. The van der Waals surface area contributed by atoms with E-state index < -0.39 is 12.2 Å². The van der Waals surface area contributed by atoms with E-state index in [0.717, 1.165) is 42.4 Å². The first-order valence-electron chi connectivity index (χ1n) is 17.6. The first-order valence-corrected chi connectivity index (χ1v) is 18.4. The third-order valence-electron chi connectivity index (χ3n) is 10.9. The summed E-state index contributed by atoms with van der Waals surface area (Å²) in [6.07, 6.45) is 5.89. The molecule has 0 bridgehead atoms. The molecule has 2 aromatic carbocycles. The smallest absolute Gasteiger partial charge is 0.410 e. The zero-order valence-electron chi connectivity index (χ0n) is 27.5. The van der Waals surface area contributed by atoms with Crippen LogP contribution in [0.3, 0.4) is 0 Å². The second kappa shape index (κ2) is 14.8. The van der Waals surface area contributed by atoms with Crippen LogP contribution in [0.2, 0.25) is 10.0 Å². The maximum atomic E-state index is 14.0. The average Bonchev–Trinajstić information content (AvgIpc) is 3.97. The number of benzene rings is 2. The van der Waals surface area contributed by atoms with Crippen LogP contribution in [0.15, 0.2) is 42.5 Å². The number of urea groups is 1. The monoisotopic (exact) mass is 696 g/mol. The second-order valence-corrected chi connectivity index (χ2v) is 14.7. The van der Waals surface area contributed by atoms with Gasteiger partial charge in [-0.1, -0.05) is 47.5 Å². The van der Waals surface area contributed by atoms with E-state index in [4.69, 9.17) is 27.9 Å².